The highest BCUT2D eigenvalue weighted by Gasteiger charge is 2.40. The van der Waals surface area contributed by atoms with Crippen LogP contribution in [0.4, 0.5) is 0 Å². The van der Waals surface area contributed by atoms with Gasteiger partial charge in [-0.2, -0.15) is 0 Å². The minimum absolute atomic E-state index is 0.0575. The van der Waals surface area contributed by atoms with Gasteiger partial charge in [0.2, 0.25) is 0 Å². The molecule has 234 valence electrons. The van der Waals surface area contributed by atoms with Gasteiger partial charge >= 0.3 is 17.9 Å². The Morgan fingerprint density at radius 2 is 0.854 bits per heavy atom. The molecule has 0 saturated carbocycles. The molecule has 12 unspecified atom stereocenters. The summed E-state index contributed by atoms with van der Waals surface area (Å²) in [6.45, 7) is 11.5. The molecule has 4 aliphatic heterocycles. The summed E-state index contributed by atoms with van der Waals surface area (Å²) in [5, 5.41) is 0. The zero-order chi connectivity index (χ0) is 29.7. The summed E-state index contributed by atoms with van der Waals surface area (Å²) in [4.78, 5) is 39.1. The van der Waals surface area contributed by atoms with Crippen LogP contribution < -0.4 is 0 Å². The number of carbonyl (C=O) groups is 3. The number of hydrogen-bond donors (Lipinski definition) is 0. The fourth-order valence-corrected chi connectivity index (χ4v) is 6.73. The number of ether oxygens (including phenoxy) is 6. The van der Waals surface area contributed by atoms with E-state index in [9.17, 15) is 14.4 Å². The SMILES string of the molecule is CCC1CC2CCC(O2)C(C)C(=O)OC(CC)CC2CCC(O2)C(C)C(=O)OC(C)CC2CCC(O2)C(C)C(=O)O1. The number of hydrogen-bond acceptors (Lipinski definition) is 9. The fourth-order valence-electron chi connectivity index (χ4n) is 6.73. The first-order valence-electron chi connectivity index (χ1n) is 16.2. The third kappa shape index (κ3) is 8.44. The van der Waals surface area contributed by atoms with Gasteiger partial charge in [-0.1, -0.05) is 13.8 Å². The minimum atomic E-state index is -0.387. The maximum Gasteiger partial charge on any atom is 0.311 e. The predicted octanol–water partition coefficient (Wildman–Crippen LogP) is 5.30. The summed E-state index contributed by atoms with van der Waals surface area (Å²) in [6.07, 6.45) is 6.35. The van der Waals surface area contributed by atoms with Gasteiger partial charge in [0.15, 0.2) is 0 Å². The van der Waals surface area contributed by atoms with Crippen molar-refractivity contribution in [2.75, 3.05) is 0 Å². The molecule has 4 aliphatic rings. The van der Waals surface area contributed by atoms with Gasteiger partial charge in [0.05, 0.1) is 54.4 Å². The molecule has 0 N–H and O–H groups in total. The fraction of sp³-hybridized carbons (Fsp3) is 0.906. The van der Waals surface area contributed by atoms with E-state index in [1.807, 2.05) is 41.5 Å². The molecule has 0 aromatic rings. The third-order valence-corrected chi connectivity index (χ3v) is 9.65. The van der Waals surface area contributed by atoms with Gasteiger partial charge in [0.25, 0.3) is 0 Å². The van der Waals surface area contributed by atoms with E-state index in [1.165, 1.54) is 0 Å². The Balaban J connectivity index is 1.44. The van der Waals surface area contributed by atoms with Gasteiger partial charge in [-0.05, 0) is 79.1 Å². The lowest BCUT2D eigenvalue weighted by Gasteiger charge is -2.27. The first-order valence-corrected chi connectivity index (χ1v) is 16.2. The van der Waals surface area contributed by atoms with Crippen molar-refractivity contribution in [3.8, 4) is 0 Å². The molecule has 4 saturated heterocycles. The maximum atomic E-state index is 13.1. The van der Waals surface area contributed by atoms with Crippen molar-refractivity contribution < 1.29 is 42.8 Å². The second-order valence-electron chi connectivity index (χ2n) is 12.9. The molecule has 0 aromatic heterocycles. The average molecular weight is 581 g/mol. The number of esters is 3. The molecule has 4 fully saturated rings. The summed E-state index contributed by atoms with van der Waals surface area (Å²) >= 11 is 0. The van der Waals surface area contributed by atoms with Crippen LogP contribution in [0.5, 0.6) is 0 Å². The minimum Gasteiger partial charge on any atom is -0.462 e. The molecular weight excluding hydrogens is 528 g/mol. The molecule has 6 bridgehead atoms. The second-order valence-corrected chi connectivity index (χ2v) is 12.9. The van der Waals surface area contributed by atoms with Crippen molar-refractivity contribution in [3.05, 3.63) is 0 Å². The molecule has 12 atom stereocenters. The lowest BCUT2D eigenvalue weighted by Crippen LogP contribution is -2.34. The number of fused-ring (bicyclic) bond motifs is 6. The number of carbonyl (C=O) groups excluding carboxylic acids is 3. The topological polar surface area (TPSA) is 107 Å². The molecule has 9 nitrogen and oxygen atoms in total. The van der Waals surface area contributed by atoms with E-state index in [0.29, 0.717) is 32.1 Å². The number of cyclic esters (lactones) is 3. The van der Waals surface area contributed by atoms with Crippen molar-refractivity contribution in [1.82, 2.24) is 0 Å². The Labute approximate surface area is 245 Å². The van der Waals surface area contributed by atoms with Gasteiger partial charge < -0.3 is 28.4 Å². The molecular formula is C32H52O9. The first-order chi connectivity index (χ1) is 19.6. The van der Waals surface area contributed by atoms with Gasteiger partial charge in [-0.3, -0.25) is 14.4 Å². The van der Waals surface area contributed by atoms with E-state index >= 15 is 0 Å². The Hall–Kier alpha value is -1.71. The normalized spacial score (nSPS) is 43.6. The van der Waals surface area contributed by atoms with Crippen LogP contribution in [0.15, 0.2) is 0 Å². The molecule has 41 heavy (non-hydrogen) atoms. The van der Waals surface area contributed by atoms with Crippen LogP contribution in [0.2, 0.25) is 0 Å². The van der Waals surface area contributed by atoms with Crippen LogP contribution >= 0.6 is 0 Å². The van der Waals surface area contributed by atoms with Gasteiger partial charge in [0.1, 0.15) is 18.3 Å². The Morgan fingerprint density at radius 3 is 1.22 bits per heavy atom. The standard InChI is InChI=1S/C32H52O9/c1-7-22-16-25-10-13-27(38-25)19(4)30(33)36-18(3)15-24-9-12-28(37-24)20(5)31(34)40-23(8-2)17-26-11-14-29(39-26)21(6)32(35)41-22/h18-29H,7-17H2,1-6H3. The van der Waals surface area contributed by atoms with Gasteiger partial charge in [0, 0.05) is 19.3 Å². The van der Waals surface area contributed by atoms with E-state index in [1.54, 1.807) is 0 Å². The number of rotatable bonds is 2. The average Bonchev–Trinajstić information content (AvgIpc) is 3.72. The van der Waals surface area contributed by atoms with Crippen LogP contribution in [0.3, 0.4) is 0 Å². The third-order valence-electron chi connectivity index (χ3n) is 9.65. The van der Waals surface area contributed by atoms with Crippen molar-refractivity contribution in [3.63, 3.8) is 0 Å². The smallest absolute Gasteiger partial charge is 0.311 e. The molecule has 0 radical (unpaired) electrons. The monoisotopic (exact) mass is 580 g/mol. The summed E-state index contributed by atoms with van der Waals surface area (Å²) in [5.74, 6) is -1.93. The van der Waals surface area contributed by atoms with Crippen LogP contribution in [0.25, 0.3) is 0 Å². The summed E-state index contributed by atoms with van der Waals surface area (Å²) in [5.41, 5.74) is 0. The predicted molar refractivity (Wildman–Crippen MR) is 151 cm³/mol. The lowest BCUT2D eigenvalue weighted by atomic mass is 10.00. The zero-order valence-corrected chi connectivity index (χ0v) is 25.9. The highest BCUT2D eigenvalue weighted by atomic mass is 16.6. The van der Waals surface area contributed by atoms with E-state index in [2.05, 4.69) is 0 Å². The van der Waals surface area contributed by atoms with Crippen molar-refractivity contribution in [1.29, 1.82) is 0 Å². The van der Waals surface area contributed by atoms with Gasteiger partial charge in [-0.15, -0.1) is 0 Å². The van der Waals surface area contributed by atoms with E-state index in [4.69, 9.17) is 28.4 Å². The first kappa shape index (κ1) is 32.2. The summed E-state index contributed by atoms with van der Waals surface area (Å²) in [7, 11) is 0. The van der Waals surface area contributed by atoms with E-state index in [-0.39, 0.29) is 90.6 Å². The molecule has 9 heteroatoms. The Morgan fingerprint density at radius 1 is 0.512 bits per heavy atom. The quantitative estimate of drug-likeness (QED) is 0.318. The van der Waals surface area contributed by atoms with Crippen LogP contribution in [-0.2, 0) is 42.8 Å². The largest absolute Gasteiger partial charge is 0.462 e. The molecule has 4 heterocycles. The van der Waals surface area contributed by atoms with Crippen molar-refractivity contribution in [2.24, 2.45) is 17.8 Å². The highest BCUT2D eigenvalue weighted by Crippen LogP contribution is 2.34. The van der Waals surface area contributed by atoms with Crippen molar-refractivity contribution >= 4 is 17.9 Å². The molecule has 0 aromatic carbocycles. The van der Waals surface area contributed by atoms with E-state index in [0.717, 1.165) is 38.5 Å². The highest BCUT2D eigenvalue weighted by molar-refractivity contribution is 5.74. The molecule has 4 rings (SSSR count). The molecule has 0 amide bonds. The molecule has 0 spiro atoms. The Kier molecular flexibility index (Phi) is 11.5. The maximum absolute atomic E-state index is 13.1. The van der Waals surface area contributed by atoms with Crippen LogP contribution in [0, 0.1) is 17.8 Å². The van der Waals surface area contributed by atoms with Crippen molar-refractivity contribution in [2.45, 2.75) is 167 Å². The Bertz CT molecular complexity index is 890. The second kappa shape index (κ2) is 14.6. The molecule has 0 aliphatic carbocycles. The summed E-state index contributed by atoms with van der Waals surface area (Å²) in [6, 6.07) is 0. The summed E-state index contributed by atoms with van der Waals surface area (Å²) < 4.78 is 36.5. The van der Waals surface area contributed by atoms with E-state index < -0.39 is 0 Å². The van der Waals surface area contributed by atoms with Crippen LogP contribution in [0.1, 0.15) is 112 Å². The zero-order valence-electron chi connectivity index (χ0n) is 25.9. The lowest BCUT2D eigenvalue weighted by molar-refractivity contribution is -0.163. The van der Waals surface area contributed by atoms with Gasteiger partial charge in [-0.25, -0.2) is 0 Å². The van der Waals surface area contributed by atoms with Crippen LogP contribution in [-0.4, -0.2) is 72.8 Å².